The Balaban J connectivity index is 3.12. The molecule has 0 aliphatic carbocycles. The zero-order chi connectivity index (χ0) is 16.7. The summed E-state index contributed by atoms with van der Waals surface area (Å²) in [7, 11) is 3.30. The molecule has 0 fully saturated rings. The molecule has 0 radical (unpaired) electrons. The van der Waals surface area contributed by atoms with Gasteiger partial charge in [-0.1, -0.05) is 19.1 Å². The van der Waals surface area contributed by atoms with Crippen molar-refractivity contribution in [2.75, 3.05) is 19.4 Å². The van der Waals surface area contributed by atoms with Crippen LogP contribution in [0.4, 0.5) is 14.5 Å². The number of hydrogen-bond donors (Lipinski definition) is 2. The van der Waals surface area contributed by atoms with E-state index in [1.54, 1.807) is 33.2 Å². The Labute approximate surface area is 128 Å². The summed E-state index contributed by atoms with van der Waals surface area (Å²) >= 11 is 0. The SMILES string of the molecule is CC/C=C(/C(=C\N(C)C)C(=O)Nc1cccc(O)c1)C(F)F. The maximum atomic E-state index is 13.2. The first-order valence-corrected chi connectivity index (χ1v) is 6.82. The predicted octanol–water partition coefficient (Wildman–Crippen LogP) is 3.38. The van der Waals surface area contributed by atoms with Crippen LogP contribution in [0.5, 0.6) is 5.75 Å². The number of aromatic hydroxyl groups is 1. The number of anilines is 1. The van der Waals surface area contributed by atoms with Crippen LogP contribution in [-0.4, -0.2) is 36.4 Å². The van der Waals surface area contributed by atoms with Gasteiger partial charge in [0.2, 0.25) is 0 Å². The number of carbonyl (C=O) groups excluding carboxylic acids is 1. The highest BCUT2D eigenvalue weighted by Gasteiger charge is 2.22. The molecule has 22 heavy (non-hydrogen) atoms. The lowest BCUT2D eigenvalue weighted by Gasteiger charge is -2.15. The Morgan fingerprint density at radius 1 is 1.41 bits per heavy atom. The summed E-state index contributed by atoms with van der Waals surface area (Å²) < 4.78 is 26.4. The Bertz CT molecular complexity index is 581. The number of benzene rings is 1. The second kappa shape index (κ2) is 8.17. The number of rotatable bonds is 6. The number of nitrogens with zero attached hydrogens (tertiary/aromatic N) is 1. The number of amides is 1. The smallest absolute Gasteiger partial charge is 0.264 e. The Morgan fingerprint density at radius 2 is 2.09 bits per heavy atom. The van der Waals surface area contributed by atoms with Crippen LogP contribution < -0.4 is 5.32 Å². The lowest BCUT2D eigenvalue weighted by Crippen LogP contribution is -2.21. The highest BCUT2D eigenvalue weighted by molar-refractivity contribution is 6.07. The monoisotopic (exact) mass is 310 g/mol. The Morgan fingerprint density at radius 3 is 2.59 bits per heavy atom. The highest BCUT2D eigenvalue weighted by atomic mass is 19.3. The van der Waals surface area contributed by atoms with Crippen LogP contribution >= 0.6 is 0 Å². The van der Waals surface area contributed by atoms with Crippen molar-refractivity contribution in [3.05, 3.63) is 47.7 Å². The third kappa shape index (κ3) is 5.20. The molecule has 0 saturated heterocycles. The molecule has 2 N–H and O–H groups in total. The highest BCUT2D eigenvalue weighted by Crippen LogP contribution is 2.22. The van der Waals surface area contributed by atoms with E-state index < -0.39 is 12.3 Å². The minimum absolute atomic E-state index is 0.0193. The van der Waals surface area contributed by atoms with Gasteiger partial charge in [-0.2, -0.15) is 0 Å². The molecule has 4 nitrogen and oxygen atoms in total. The van der Waals surface area contributed by atoms with Crippen molar-refractivity contribution >= 4 is 11.6 Å². The molecular weight excluding hydrogens is 290 g/mol. The fraction of sp³-hybridized carbons (Fsp3) is 0.312. The summed E-state index contributed by atoms with van der Waals surface area (Å²) in [5, 5.41) is 11.9. The van der Waals surface area contributed by atoms with Crippen molar-refractivity contribution in [1.82, 2.24) is 4.90 Å². The van der Waals surface area contributed by atoms with Crippen LogP contribution in [0.2, 0.25) is 0 Å². The molecule has 0 aliphatic rings. The zero-order valence-corrected chi connectivity index (χ0v) is 12.8. The van der Waals surface area contributed by atoms with E-state index in [1.807, 2.05) is 0 Å². The summed E-state index contributed by atoms with van der Waals surface area (Å²) in [5.74, 6) is -0.673. The second-order valence-electron chi connectivity index (χ2n) is 4.88. The molecule has 0 unspecified atom stereocenters. The Hall–Kier alpha value is -2.37. The quantitative estimate of drug-likeness (QED) is 0.625. The molecule has 0 bridgehead atoms. The first kappa shape index (κ1) is 17.7. The van der Waals surface area contributed by atoms with E-state index in [9.17, 15) is 18.7 Å². The van der Waals surface area contributed by atoms with Gasteiger partial charge in [0.15, 0.2) is 0 Å². The van der Waals surface area contributed by atoms with Gasteiger partial charge in [-0.05, 0) is 18.6 Å². The summed E-state index contributed by atoms with van der Waals surface area (Å²) in [6.07, 6.45) is 0.332. The third-order valence-electron chi connectivity index (χ3n) is 2.71. The fourth-order valence-corrected chi connectivity index (χ4v) is 1.84. The van der Waals surface area contributed by atoms with Gasteiger partial charge in [0, 0.05) is 37.6 Å². The average molecular weight is 310 g/mol. The normalized spacial score (nSPS) is 12.5. The summed E-state index contributed by atoms with van der Waals surface area (Å²) in [6.45, 7) is 1.72. The van der Waals surface area contributed by atoms with Crippen LogP contribution in [0, 0.1) is 0 Å². The summed E-state index contributed by atoms with van der Waals surface area (Å²) in [4.78, 5) is 13.8. The molecule has 120 valence electrons. The summed E-state index contributed by atoms with van der Waals surface area (Å²) in [5.41, 5.74) is -0.0844. The molecule has 0 aliphatic heterocycles. The van der Waals surface area contributed by atoms with Crippen LogP contribution in [0.1, 0.15) is 13.3 Å². The molecule has 1 rings (SSSR count). The van der Waals surface area contributed by atoms with Gasteiger partial charge in [-0.25, -0.2) is 8.78 Å². The number of allylic oxidation sites excluding steroid dienone is 1. The average Bonchev–Trinajstić information content (AvgIpc) is 2.42. The van der Waals surface area contributed by atoms with Crippen molar-refractivity contribution in [3.63, 3.8) is 0 Å². The topological polar surface area (TPSA) is 52.6 Å². The molecule has 0 spiro atoms. The molecule has 1 amide bonds. The molecular formula is C16H20F2N2O2. The van der Waals surface area contributed by atoms with E-state index in [1.165, 1.54) is 29.3 Å². The molecule has 0 saturated carbocycles. The van der Waals surface area contributed by atoms with Crippen LogP contribution in [0.3, 0.4) is 0 Å². The summed E-state index contributed by atoms with van der Waals surface area (Å²) in [6, 6.07) is 5.91. The van der Waals surface area contributed by atoms with Crippen molar-refractivity contribution in [2.24, 2.45) is 0 Å². The molecule has 0 atom stereocenters. The maximum absolute atomic E-state index is 13.2. The van der Waals surface area contributed by atoms with Crippen molar-refractivity contribution in [2.45, 2.75) is 19.8 Å². The third-order valence-corrected chi connectivity index (χ3v) is 2.71. The largest absolute Gasteiger partial charge is 0.508 e. The Kier molecular flexibility index (Phi) is 6.56. The van der Waals surface area contributed by atoms with Gasteiger partial charge in [0.1, 0.15) is 5.75 Å². The van der Waals surface area contributed by atoms with E-state index in [2.05, 4.69) is 5.32 Å². The van der Waals surface area contributed by atoms with Gasteiger partial charge in [-0.15, -0.1) is 0 Å². The minimum Gasteiger partial charge on any atom is -0.508 e. The van der Waals surface area contributed by atoms with E-state index in [4.69, 9.17) is 0 Å². The molecule has 0 heterocycles. The standard InChI is InChI=1S/C16H20F2N2O2/c1-4-6-13(15(17)18)14(10-20(2)3)16(22)19-11-7-5-8-12(21)9-11/h5-10,15,21H,4H2,1-3H3,(H,19,22)/b13-6-,14-10+. The van der Waals surface area contributed by atoms with Gasteiger partial charge in [-0.3, -0.25) is 4.79 Å². The van der Waals surface area contributed by atoms with Crippen LogP contribution in [0.25, 0.3) is 0 Å². The van der Waals surface area contributed by atoms with E-state index in [-0.39, 0.29) is 16.9 Å². The minimum atomic E-state index is -2.75. The first-order chi connectivity index (χ1) is 10.3. The fourth-order valence-electron chi connectivity index (χ4n) is 1.84. The molecule has 1 aromatic carbocycles. The van der Waals surface area contributed by atoms with Crippen molar-refractivity contribution < 1.29 is 18.7 Å². The second-order valence-corrected chi connectivity index (χ2v) is 4.88. The lowest BCUT2D eigenvalue weighted by molar-refractivity contribution is -0.112. The number of phenols is 1. The number of nitrogens with one attached hydrogen (secondary N) is 1. The van der Waals surface area contributed by atoms with E-state index in [0.717, 1.165) is 0 Å². The number of hydrogen-bond acceptors (Lipinski definition) is 3. The number of alkyl halides is 2. The van der Waals surface area contributed by atoms with Crippen molar-refractivity contribution in [1.29, 1.82) is 0 Å². The van der Waals surface area contributed by atoms with Crippen LogP contribution in [-0.2, 0) is 4.79 Å². The van der Waals surface area contributed by atoms with Crippen molar-refractivity contribution in [3.8, 4) is 5.75 Å². The number of halogens is 2. The van der Waals surface area contributed by atoms with Crippen LogP contribution in [0.15, 0.2) is 47.7 Å². The maximum Gasteiger partial charge on any atom is 0.264 e. The lowest BCUT2D eigenvalue weighted by atomic mass is 10.0. The van der Waals surface area contributed by atoms with E-state index in [0.29, 0.717) is 12.1 Å². The zero-order valence-electron chi connectivity index (χ0n) is 12.8. The molecule has 1 aromatic rings. The van der Waals surface area contributed by atoms with Gasteiger partial charge >= 0.3 is 0 Å². The molecule has 0 aromatic heterocycles. The van der Waals surface area contributed by atoms with Gasteiger partial charge < -0.3 is 15.3 Å². The van der Waals surface area contributed by atoms with E-state index >= 15 is 0 Å². The van der Waals surface area contributed by atoms with Gasteiger partial charge in [0.05, 0.1) is 5.57 Å². The first-order valence-electron chi connectivity index (χ1n) is 6.82. The van der Waals surface area contributed by atoms with Gasteiger partial charge in [0.25, 0.3) is 12.3 Å². The number of phenolic OH excluding ortho intramolecular Hbond substituents is 1. The predicted molar refractivity (Wildman–Crippen MR) is 82.9 cm³/mol. The molecule has 6 heteroatoms. The number of carbonyl (C=O) groups is 1.